The number of anilines is 1. The van der Waals surface area contributed by atoms with E-state index in [9.17, 15) is 17.2 Å². The standard InChI is InChI=1S/C17H26F2N2O2S/c1-17(2,3)24(22,23)21-13-6-4-12(5-7-13)11-20-14-8-9-15(18)16(19)10-14/h8-10,12-13,20-21H,4-7,11H2,1-3H3/t12-,13-. The van der Waals surface area contributed by atoms with E-state index in [1.54, 1.807) is 20.8 Å². The van der Waals surface area contributed by atoms with Gasteiger partial charge in [0.15, 0.2) is 11.6 Å². The lowest BCUT2D eigenvalue weighted by Crippen LogP contribution is -2.46. The Labute approximate surface area is 143 Å². The monoisotopic (exact) mass is 360 g/mol. The van der Waals surface area contributed by atoms with Crippen molar-refractivity contribution >= 4 is 15.7 Å². The zero-order valence-electron chi connectivity index (χ0n) is 14.4. The van der Waals surface area contributed by atoms with Gasteiger partial charge in [-0.2, -0.15) is 0 Å². The van der Waals surface area contributed by atoms with E-state index in [0.29, 0.717) is 18.2 Å². The summed E-state index contributed by atoms with van der Waals surface area (Å²) >= 11 is 0. The van der Waals surface area contributed by atoms with Crippen LogP contribution < -0.4 is 10.0 Å². The molecule has 0 amide bonds. The third-order valence-electron chi connectivity index (χ3n) is 4.49. The molecular weight excluding hydrogens is 334 g/mol. The molecule has 0 radical (unpaired) electrons. The van der Waals surface area contributed by atoms with Crippen LogP contribution in [0.2, 0.25) is 0 Å². The minimum atomic E-state index is -3.32. The van der Waals surface area contributed by atoms with Gasteiger partial charge >= 0.3 is 0 Å². The summed E-state index contributed by atoms with van der Waals surface area (Å²) in [7, 11) is -3.32. The van der Waals surface area contributed by atoms with Crippen LogP contribution in [0, 0.1) is 17.6 Å². The molecule has 4 nitrogen and oxygen atoms in total. The molecule has 1 aromatic carbocycles. The summed E-state index contributed by atoms with van der Waals surface area (Å²) in [4.78, 5) is 0. The Morgan fingerprint density at radius 1 is 1.08 bits per heavy atom. The molecular formula is C17H26F2N2O2S. The van der Waals surface area contributed by atoms with E-state index in [4.69, 9.17) is 0 Å². The van der Waals surface area contributed by atoms with E-state index in [0.717, 1.165) is 37.8 Å². The average Bonchev–Trinajstić information content (AvgIpc) is 2.48. The van der Waals surface area contributed by atoms with Gasteiger partial charge in [0.25, 0.3) is 0 Å². The fourth-order valence-corrected chi connectivity index (χ4v) is 3.78. The molecule has 1 aliphatic carbocycles. The van der Waals surface area contributed by atoms with Crippen LogP contribution in [0.5, 0.6) is 0 Å². The molecule has 0 spiro atoms. The Balaban J connectivity index is 1.80. The summed E-state index contributed by atoms with van der Waals surface area (Å²) in [5, 5.41) is 3.12. The molecule has 1 aromatic rings. The predicted molar refractivity (Wildman–Crippen MR) is 92.4 cm³/mol. The molecule has 2 N–H and O–H groups in total. The molecule has 1 fully saturated rings. The second-order valence-electron chi connectivity index (χ2n) is 7.46. The van der Waals surface area contributed by atoms with Crippen molar-refractivity contribution in [3.05, 3.63) is 29.8 Å². The van der Waals surface area contributed by atoms with Crippen molar-refractivity contribution in [2.24, 2.45) is 5.92 Å². The van der Waals surface area contributed by atoms with Crippen LogP contribution in [0.4, 0.5) is 14.5 Å². The lowest BCUT2D eigenvalue weighted by molar-refractivity contribution is 0.322. The quantitative estimate of drug-likeness (QED) is 0.843. The average molecular weight is 360 g/mol. The second kappa shape index (κ2) is 7.35. The molecule has 0 aromatic heterocycles. The normalized spacial score (nSPS) is 22.4. The molecule has 0 aliphatic heterocycles. The van der Waals surface area contributed by atoms with Crippen LogP contribution in [-0.2, 0) is 10.0 Å². The molecule has 0 unspecified atom stereocenters. The molecule has 136 valence electrons. The topological polar surface area (TPSA) is 58.2 Å². The van der Waals surface area contributed by atoms with Crippen molar-refractivity contribution in [1.29, 1.82) is 0 Å². The van der Waals surface area contributed by atoms with Gasteiger partial charge < -0.3 is 5.32 Å². The second-order valence-corrected chi connectivity index (χ2v) is 9.93. The van der Waals surface area contributed by atoms with Gasteiger partial charge in [0.2, 0.25) is 10.0 Å². The number of hydrogen-bond donors (Lipinski definition) is 2. The lowest BCUT2D eigenvalue weighted by atomic mass is 9.86. The maximum atomic E-state index is 13.2. The maximum absolute atomic E-state index is 13.2. The van der Waals surface area contributed by atoms with E-state index in [2.05, 4.69) is 10.0 Å². The summed E-state index contributed by atoms with van der Waals surface area (Å²) in [5.41, 5.74) is 0.560. The van der Waals surface area contributed by atoms with Gasteiger partial charge in [-0.3, -0.25) is 0 Å². The zero-order chi connectivity index (χ0) is 18.0. The first-order valence-electron chi connectivity index (χ1n) is 8.29. The van der Waals surface area contributed by atoms with Crippen LogP contribution >= 0.6 is 0 Å². The Morgan fingerprint density at radius 3 is 2.25 bits per heavy atom. The fraction of sp³-hybridized carbons (Fsp3) is 0.647. The zero-order valence-corrected chi connectivity index (χ0v) is 15.2. The first kappa shape index (κ1) is 19.1. The number of sulfonamides is 1. The van der Waals surface area contributed by atoms with Crippen molar-refractivity contribution in [2.45, 2.75) is 57.2 Å². The van der Waals surface area contributed by atoms with Crippen LogP contribution in [-0.4, -0.2) is 25.8 Å². The van der Waals surface area contributed by atoms with Gasteiger partial charge in [0.05, 0.1) is 4.75 Å². The number of nitrogens with one attached hydrogen (secondary N) is 2. The molecule has 0 heterocycles. The van der Waals surface area contributed by atoms with Gasteiger partial charge in [0, 0.05) is 18.3 Å². The van der Waals surface area contributed by atoms with Gasteiger partial charge in [0.1, 0.15) is 0 Å². The van der Waals surface area contributed by atoms with E-state index >= 15 is 0 Å². The summed E-state index contributed by atoms with van der Waals surface area (Å²) in [5.74, 6) is -1.32. The summed E-state index contributed by atoms with van der Waals surface area (Å²) < 4.78 is 52.4. The molecule has 7 heteroatoms. The Hall–Kier alpha value is -1.21. The van der Waals surface area contributed by atoms with Gasteiger partial charge in [-0.15, -0.1) is 0 Å². The summed E-state index contributed by atoms with van der Waals surface area (Å²) in [6.07, 6.45) is 3.38. The van der Waals surface area contributed by atoms with Gasteiger partial charge in [-0.05, 0) is 70.6 Å². The first-order valence-corrected chi connectivity index (χ1v) is 9.77. The Bertz CT molecular complexity index is 664. The lowest BCUT2D eigenvalue weighted by Gasteiger charge is -2.31. The van der Waals surface area contributed by atoms with Crippen LogP contribution in [0.25, 0.3) is 0 Å². The highest BCUT2D eigenvalue weighted by atomic mass is 32.2. The molecule has 0 atom stereocenters. The van der Waals surface area contributed by atoms with Gasteiger partial charge in [-0.25, -0.2) is 21.9 Å². The number of rotatable bonds is 5. The van der Waals surface area contributed by atoms with Crippen molar-refractivity contribution in [3.63, 3.8) is 0 Å². The van der Waals surface area contributed by atoms with Crippen LogP contribution in [0.3, 0.4) is 0 Å². The van der Waals surface area contributed by atoms with Crippen LogP contribution in [0.1, 0.15) is 46.5 Å². The third-order valence-corrected chi connectivity index (χ3v) is 6.75. The molecule has 24 heavy (non-hydrogen) atoms. The van der Waals surface area contributed by atoms with Crippen molar-refractivity contribution < 1.29 is 17.2 Å². The van der Waals surface area contributed by atoms with Gasteiger partial charge in [-0.1, -0.05) is 0 Å². The SMILES string of the molecule is CC(C)(C)S(=O)(=O)N[C@H]1CC[C@H](CNc2ccc(F)c(F)c2)CC1. The number of halogens is 2. The highest BCUT2D eigenvalue weighted by molar-refractivity contribution is 7.90. The summed E-state index contributed by atoms with van der Waals surface area (Å²) in [6.45, 7) is 5.73. The first-order chi connectivity index (χ1) is 11.1. The highest BCUT2D eigenvalue weighted by Gasteiger charge is 2.32. The molecule has 0 bridgehead atoms. The van der Waals surface area contributed by atoms with E-state index in [-0.39, 0.29) is 6.04 Å². The molecule has 1 aliphatic rings. The maximum Gasteiger partial charge on any atom is 0.216 e. The minimum Gasteiger partial charge on any atom is -0.385 e. The fourth-order valence-electron chi connectivity index (χ4n) is 2.75. The summed E-state index contributed by atoms with van der Waals surface area (Å²) in [6, 6.07) is 3.75. The van der Waals surface area contributed by atoms with Crippen molar-refractivity contribution in [1.82, 2.24) is 4.72 Å². The minimum absolute atomic E-state index is 0.0197. The Kier molecular flexibility index (Phi) is 5.86. The van der Waals surface area contributed by atoms with E-state index < -0.39 is 26.4 Å². The van der Waals surface area contributed by atoms with Crippen LogP contribution in [0.15, 0.2) is 18.2 Å². The van der Waals surface area contributed by atoms with E-state index in [1.165, 1.54) is 6.07 Å². The third kappa shape index (κ3) is 4.89. The molecule has 2 rings (SSSR count). The number of hydrogen-bond acceptors (Lipinski definition) is 3. The predicted octanol–water partition coefficient (Wildman–Crippen LogP) is 3.65. The molecule has 0 saturated heterocycles. The highest BCUT2D eigenvalue weighted by Crippen LogP contribution is 2.27. The van der Waals surface area contributed by atoms with Crippen molar-refractivity contribution in [2.75, 3.05) is 11.9 Å². The smallest absolute Gasteiger partial charge is 0.216 e. The Morgan fingerprint density at radius 2 is 1.71 bits per heavy atom. The van der Waals surface area contributed by atoms with Crippen molar-refractivity contribution in [3.8, 4) is 0 Å². The number of benzene rings is 1. The largest absolute Gasteiger partial charge is 0.385 e. The van der Waals surface area contributed by atoms with E-state index in [1.807, 2.05) is 0 Å². The molecule has 1 saturated carbocycles.